The molecule has 102 valence electrons. The van der Waals surface area contributed by atoms with Gasteiger partial charge in [0, 0.05) is 5.92 Å². The molecule has 1 aromatic heterocycles. The fourth-order valence-electron chi connectivity index (χ4n) is 2.41. The Hall–Kier alpha value is -1.56. The van der Waals surface area contributed by atoms with E-state index < -0.39 is 11.7 Å². The number of imidazole rings is 1. The van der Waals surface area contributed by atoms with Gasteiger partial charge in [0.1, 0.15) is 5.82 Å². The number of nitrogens with one attached hydrogen (secondary N) is 1. The molecule has 2 heterocycles. The molecule has 1 aliphatic rings. The summed E-state index contributed by atoms with van der Waals surface area (Å²) in [6.07, 6.45) is -3.32. The van der Waals surface area contributed by atoms with Crippen molar-refractivity contribution in [3.8, 4) is 0 Å². The topological polar surface area (TPSA) is 37.9 Å². The zero-order valence-electron chi connectivity index (χ0n) is 10.3. The number of alkyl halides is 3. The Labute approximate surface area is 107 Å². The minimum Gasteiger partial charge on any atom is -0.378 e. The molecule has 6 heteroatoms. The van der Waals surface area contributed by atoms with Crippen molar-refractivity contribution in [1.29, 1.82) is 0 Å². The van der Waals surface area contributed by atoms with Crippen molar-refractivity contribution in [3.05, 3.63) is 29.6 Å². The van der Waals surface area contributed by atoms with E-state index in [0.717, 1.165) is 18.6 Å². The summed E-state index contributed by atoms with van der Waals surface area (Å²) in [5, 5.41) is 0. The SMILES string of the molecule is CC1CC(c2nc3ccc(C(F)(F)F)cc3[nH]2)CO1. The molecule has 1 aliphatic heterocycles. The molecular formula is C13H13F3N2O. The first kappa shape index (κ1) is 12.5. The molecule has 0 saturated carbocycles. The molecule has 1 aromatic carbocycles. The van der Waals surface area contributed by atoms with Crippen molar-refractivity contribution in [2.75, 3.05) is 6.61 Å². The van der Waals surface area contributed by atoms with Gasteiger partial charge in [-0.05, 0) is 31.5 Å². The number of aromatic amines is 1. The van der Waals surface area contributed by atoms with Crippen LogP contribution in [0.5, 0.6) is 0 Å². The number of ether oxygens (including phenoxy) is 1. The summed E-state index contributed by atoms with van der Waals surface area (Å²) in [5.74, 6) is 0.843. The van der Waals surface area contributed by atoms with E-state index in [1.807, 2.05) is 6.92 Å². The average Bonchev–Trinajstić information content (AvgIpc) is 2.92. The number of aromatic nitrogens is 2. The second-order valence-corrected chi connectivity index (χ2v) is 4.93. The van der Waals surface area contributed by atoms with Crippen LogP contribution in [0, 0.1) is 0 Å². The molecule has 19 heavy (non-hydrogen) atoms. The zero-order chi connectivity index (χ0) is 13.6. The van der Waals surface area contributed by atoms with Gasteiger partial charge in [-0.15, -0.1) is 0 Å². The molecule has 0 bridgehead atoms. The maximum absolute atomic E-state index is 12.6. The normalized spacial score (nSPS) is 24.2. The van der Waals surface area contributed by atoms with Crippen LogP contribution in [-0.4, -0.2) is 22.7 Å². The Morgan fingerprint density at radius 3 is 2.79 bits per heavy atom. The van der Waals surface area contributed by atoms with Crippen LogP contribution < -0.4 is 0 Å². The van der Waals surface area contributed by atoms with Crippen molar-refractivity contribution >= 4 is 11.0 Å². The third kappa shape index (κ3) is 2.32. The smallest absolute Gasteiger partial charge is 0.378 e. The first-order valence-corrected chi connectivity index (χ1v) is 6.12. The lowest BCUT2D eigenvalue weighted by Gasteiger charge is -2.05. The van der Waals surface area contributed by atoms with Gasteiger partial charge in [-0.2, -0.15) is 13.2 Å². The van der Waals surface area contributed by atoms with Crippen LogP contribution in [-0.2, 0) is 10.9 Å². The van der Waals surface area contributed by atoms with E-state index in [1.54, 1.807) is 0 Å². The summed E-state index contributed by atoms with van der Waals surface area (Å²) in [5.41, 5.74) is 0.318. The third-order valence-electron chi connectivity index (χ3n) is 3.41. The monoisotopic (exact) mass is 270 g/mol. The van der Waals surface area contributed by atoms with Crippen molar-refractivity contribution < 1.29 is 17.9 Å². The highest BCUT2D eigenvalue weighted by atomic mass is 19.4. The van der Waals surface area contributed by atoms with Crippen molar-refractivity contribution in [3.63, 3.8) is 0 Å². The van der Waals surface area contributed by atoms with Crippen LogP contribution in [0.2, 0.25) is 0 Å². The molecule has 1 fully saturated rings. The van der Waals surface area contributed by atoms with Crippen molar-refractivity contribution in [2.45, 2.75) is 31.5 Å². The molecule has 3 nitrogen and oxygen atoms in total. The lowest BCUT2D eigenvalue weighted by Crippen LogP contribution is -2.04. The fraction of sp³-hybridized carbons (Fsp3) is 0.462. The van der Waals surface area contributed by atoms with Gasteiger partial charge in [-0.25, -0.2) is 4.98 Å². The number of rotatable bonds is 1. The Bertz CT molecular complexity index is 605. The Morgan fingerprint density at radius 1 is 1.37 bits per heavy atom. The van der Waals surface area contributed by atoms with Crippen LogP contribution >= 0.6 is 0 Å². The van der Waals surface area contributed by atoms with Crippen molar-refractivity contribution in [1.82, 2.24) is 9.97 Å². The number of hydrogen-bond donors (Lipinski definition) is 1. The van der Waals surface area contributed by atoms with Gasteiger partial charge in [-0.1, -0.05) is 0 Å². The number of benzene rings is 1. The largest absolute Gasteiger partial charge is 0.416 e. The molecule has 2 aromatic rings. The molecule has 1 N–H and O–H groups in total. The molecule has 0 aliphatic carbocycles. The van der Waals surface area contributed by atoms with E-state index >= 15 is 0 Å². The van der Waals surface area contributed by atoms with Crippen LogP contribution in [0.15, 0.2) is 18.2 Å². The highest BCUT2D eigenvalue weighted by molar-refractivity contribution is 5.76. The van der Waals surface area contributed by atoms with Gasteiger partial charge in [0.05, 0.1) is 29.3 Å². The second-order valence-electron chi connectivity index (χ2n) is 4.93. The van der Waals surface area contributed by atoms with Gasteiger partial charge in [0.2, 0.25) is 0 Å². The quantitative estimate of drug-likeness (QED) is 0.861. The zero-order valence-corrected chi connectivity index (χ0v) is 10.3. The van der Waals surface area contributed by atoms with E-state index in [0.29, 0.717) is 23.5 Å². The molecule has 0 amide bonds. The van der Waals surface area contributed by atoms with Crippen LogP contribution in [0.4, 0.5) is 13.2 Å². The summed E-state index contributed by atoms with van der Waals surface area (Å²) in [6.45, 7) is 2.54. The second kappa shape index (κ2) is 4.23. The van der Waals surface area contributed by atoms with Crippen LogP contribution in [0.25, 0.3) is 11.0 Å². The van der Waals surface area contributed by atoms with Gasteiger partial charge in [0.15, 0.2) is 0 Å². The van der Waals surface area contributed by atoms with Gasteiger partial charge < -0.3 is 9.72 Å². The van der Waals surface area contributed by atoms with Gasteiger partial charge >= 0.3 is 6.18 Å². The summed E-state index contributed by atoms with van der Waals surface area (Å²) < 4.78 is 43.3. The summed E-state index contributed by atoms with van der Waals surface area (Å²) in [4.78, 5) is 7.33. The van der Waals surface area contributed by atoms with E-state index in [-0.39, 0.29) is 12.0 Å². The fourth-order valence-corrected chi connectivity index (χ4v) is 2.41. The number of nitrogens with zero attached hydrogens (tertiary/aromatic N) is 1. The molecule has 2 unspecified atom stereocenters. The lowest BCUT2D eigenvalue weighted by molar-refractivity contribution is -0.137. The van der Waals surface area contributed by atoms with E-state index in [1.165, 1.54) is 6.07 Å². The molecule has 2 atom stereocenters. The number of hydrogen-bond acceptors (Lipinski definition) is 2. The van der Waals surface area contributed by atoms with Crippen LogP contribution in [0.3, 0.4) is 0 Å². The maximum Gasteiger partial charge on any atom is 0.416 e. The van der Waals surface area contributed by atoms with E-state index in [2.05, 4.69) is 9.97 Å². The third-order valence-corrected chi connectivity index (χ3v) is 3.41. The molecule has 3 rings (SSSR count). The highest BCUT2D eigenvalue weighted by Crippen LogP contribution is 2.32. The molecular weight excluding hydrogens is 257 g/mol. The summed E-state index contributed by atoms with van der Waals surface area (Å²) in [6, 6.07) is 3.56. The maximum atomic E-state index is 12.6. The first-order chi connectivity index (χ1) is 8.93. The Balaban J connectivity index is 1.97. The molecule has 0 radical (unpaired) electrons. The highest BCUT2D eigenvalue weighted by Gasteiger charge is 2.31. The van der Waals surface area contributed by atoms with Crippen molar-refractivity contribution in [2.24, 2.45) is 0 Å². The summed E-state index contributed by atoms with van der Waals surface area (Å²) in [7, 11) is 0. The molecule has 0 spiro atoms. The predicted octanol–water partition coefficient (Wildman–Crippen LogP) is 3.47. The average molecular weight is 270 g/mol. The number of fused-ring (bicyclic) bond motifs is 1. The first-order valence-electron chi connectivity index (χ1n) is 6.12. The minimum absolute atomic E-state index is 0.136. The minimum atomic E-state index is -4.33. The van der Waals surface area contributed by atoms with E-state index in [9.17, 15) is 13.2 Å². The Kier molecular flexibility index (Phi) is 2.78. The van der Waals surface area contributed by atoms with Gasteiger partial charge in [-0.3, -0.25) is 0 Å². The Morgan fingerprint density at radius 2 is 2.16 bits per heavy atom. The number of H-pyrrole nitrogens is 1. The number of halogens is 3. The lowest BCUT2D eigenvalue weighted by atomic mass is 10.1. The predicted molar refractivity (Wildman–Crippen MR) is 63.9 cm³/mol. The standard InChI is InChI=1S/C13H13F3N2O/c1-7-4-8(6-19-7)12-17-10-3-2-9(13(14,15)16)5-11(10)18-12/h2-3,5,7-8H,4,6H2,1H3,(H,17,18). The van der Waals surface area contributed by atoms with Gasteiger partial charge in [0.25, 0.3) is 0 Å². The summed E-state index contributed by atoms with van der Waals surface area (Å²) >= 11 is 0. The van der Waals surface area contributed by atoms with E-state index in [4.69, 9.17) is 4.74 Å². The molecule has 1 saturated heterocycles. The van der Waals surface area contributed by atoms with Crippen LogP contribution in [0.1, 0.15) is 30.7 Å².